The zero-order valence-electron chi connectivity index (χ0n) is 10.1. The molecule has 0 radical (unpaired) electrons. The molecule has 5 nitrogen and oxygen atoms in total. The predicted octanol–water partition coefficient (Wildman–Crippen LogP) is 1.43. The number of aromatic amines is 1. The zero-order valence-corrected chi connectivity index (χ0v) is 10.1. The molecule has 1 unspecified atom stereocenters. The molecule has 90 valence electrons. The van der Waals surface area contributed by atoms with Crippen LogP contribution in [0.5, 0.6) is 0 Å². The SMILES string of the molecule is CCCC(C)(N)C(=O)Nc1[nH]ncc1CC. The van der Waals surface area contributed by atoms with E-state index in [4.69, 9.17) is 5.73 Å². The van der Waals surface area contributed by atoms with Crippen LogP contribution < -0.4 is 11.1 Å². The number of H-pyrrole nitrogens is 1. The first kappa shape index (κ1) is 12.7. The summed E-state index contributed by atoms with van der Waals surface area (Å²) >= 11 is 0. The summed E-state index contributed by atoms with van der Waals surface area (Å²) < 4.78 is 0. The van der Waals surface area contributed by atoms with E-state index >= 15 is 0 Å². The second kappa shape index (κ2) is 5.12. The van der Waals surface area contributed by atoms with Gasteiger partial charge in [0.1, 0.15) is 5.82 Å². The summed E-state index contributed by atoms with van der Waals surface area (Å²) in [6, 6.07) is 0. The molecular formula is C11H20N4O. The standard InChI is InChI=1S/C11H20N4O/c1-4-6-11(3,12)10(16)14-9-8(5-2)7-13-15-9/h7H,4-6,12H2,1-3H3,(H2,13,14,15,16). The fourth-order valence-electron chi connectivity index (χ4n) is 1.58. The monoisotopic (exact) mass is 224 g/mol. The van der Waals surface area contributed by atoms with Crippen LogP contribution in [-0.4, -0.2) is 21.6 Å². The van der Waals surface area contributed by atoms with Crippen molar-refractivity contribution in [2.24, 2.45) is 5.73 Å². The summed E-state index contributed by atoms with van der Waals surface area (Å²) in [5.41, 5.74) is 6.09. The Balaban J connectivity index is 2.71. The number of rotatable bonds is 5. The van der Waals surface area contributed by atoms with Gasteiger partial charge in [0, 0.05) is 5.56 Å². The molecule has 0 aliphatic rings. The summed E-state index contributed by atoms with van der Waals surface area (Å²) in [5.74, 6) is 0.480. The van der Waals surface area contributed by atoms with Gasteiger partial charge in [-0.15, -0.1) is 0 Å². The van der Waals surface area contributed by atoms with E-state index in [0.29, 0.717) is 12.2 Å². The molecule has 0 bridgehead atoms. The molecule has 0 aliphatic heterocycles. The Morgan fingerprint density at radius 1 is 1.62 bits per heavy atom. The van der Waals surface area contributed by atoms with Gasteiger partial charge < -0.3 is 11.1 Å². The van der Waals surface area contributed by atoms with Crippen molar-refractivity contribution < 1.29 is 4.79 Å². The van der Waals surface area contributed by atoms with Crippen LogP contribution in [0.4, 0.5) is 5.82 Å². The topological polar surface area (TPSA) is 83.8 Å². The number of carbonyl (C=O) groups excluding carboxylic acids is 1. The first-order valence-electron chi connectivity index (χ1n) is 5.63. The van der Waals surface area contributed by atoms with E-state index in [2.05, 4.69) is 15.5 Å². The molecule has 5 heteroatoms. The van der Waals surface area contributed by atoms with Crippen molar-refractivity contribution in [2.75, 3.05) is 5.32 Å². The molecule has 1 aromatic rings. The van der Waals surface area contributed by atoms with Gasteiger partial charge in [0.2, 0.25) is 5.91 Å². The molecule has 0 aromatic carbocycles. The number of anilines is 1. The Hall–Kier alpha value is -1.36. The Bertz CT molecular complexity index is 357. The smallest absolute Gasteiger partial charge is 0.245 e. The minimum absolute atomic E-state index is 0.173. The van der Waals surface area contributed by atoms with Gasteiger partial charge in [-0.05, 0) is 19.8 Å². The molecule has 0 aliphatic carbocycles. The van der Waals surface area contributed by atoms with Crippen molar-refractivity contribution in [2.45, 2.75) is 45.6 Å². The second-order valence-corrected chi connectivity index (χ2v) is 4.25. The van der Waals surface area contributed by atoms with Gasteiger partial charge in [-0.1, -0.05) is 20.3 Å². The van der Waals surface area contributed by atoms with Gasteiger partial charge in [-0.25, -0.2) is 0 Å². The molecule has 1 amide bonds. The summed E-state index contributed by atoms with van der Waals surface area (Å²) in [7, 11) is 0. The average Bonchev–Trinajstić information content (AvgIpc) is 2.65. The van der Waals surface area contributed by atoms with Crippen LogP contribution in [-0.2, 0) is 11.2 Å². The van der Waals surface area contributed by atoms with Crippen LogP contribution in [0.25, 0.3) is 0 Å². The number of nitrogens with two attached hydrogens (primary N) is 1. The highest BCUT2D eigenvalue weighted by Crippen LogP contribution is 2.15. The van der Waals surface area contributed by atoms with Crippen molar-refractivity contribution in [1.29, 1.82) is 0 Å². The molecule has 0 fully saturated rings. The number of nitrogens with zero attached hydrogens (tertiary/aromatic N) is 1. The summed E-state index contributed by atoms with van der Waals surface area (Å²) in [6.45, 7) is 5.76. The first-order valence-corrected chi connectivity index (χ1v) is 5.63. The molecule has 0 spiro atoms. The van der Waals surface area contributed by atoms with Gasteiger partial charge in [0.05, 0.1) is 11.7 Å². The van der Waals surface area contributed by atoms with Crippen LogP contribution >= 0.6 is 0 Å². The van der Waals surface area contributed by atoms with Gasteiger partial charge in [-0.2, -0.15) is 5.10 Å². The highest BCUT2D eigenvalue weighted by Gasteiger charge is 2.27. The van der Waals surface area contributed by atoms with Crippen molar-refractivity contribution in [1.82, 2.24) is 10.2 Å². The van der Waals surface area contributed by atoms with Crippen molar-refractivity contribution in [3.8, 4) is 0 Å². The molecule has 1 rings (SSSR count). The van der Waals surface area contributed by atoms with Crippen molar-refractivity contribution >= 4 is 11.7 Å². The number of hydrogen-bond acceptors (Lipinski definition) is 3. The molecular weight excluding hydrogens is 204 g/mol. The van der Waals surface area contributed by atoms with Crippen molar-refractivity contribution in [3.63, 3.8) is 0 Å². The van der Waals surface area contributed by atoms with Gasteiger partial charge in [-0.3, -0.25) is 9.89 Å². The summed E-state index contributed by atoms with van der Waals surface area (Å²) in [5, 5.41) is 9.44. The third-order valence-corrected chi connectivity index (χ3v) is 2.63. The van der Waals surface area contributed by atoms with E-state index < -0.39 is 5.54 Å². The lowest BCUT2D eigenvalue weighted by Crippen LogP contribution is -2.48. The van der Waals surface area contributed by atoms with Crippen molar-refractivity contribution in [3.05, 3.63) is 11.8 Å². The third-order valence-electron chi connectivity index (χ3n) is 2.63. The molecule has 0 saturated carbocycles. The molecule has 0 saturated heterocycles. The van der Waals surface area contributed by atoms with Crippen LogP contribution in [0.3, 0.4) is 0 Å². The molecule has 4 N–H and O–H groups in total. The number of aromatic nitrogens is 2. The second-order valence-electron chi connectivity index (χ2n) is 4.25. The van der Waals surface area contributed by atoms with Gasteiger partial charge in [0.25, 0.3) is 0 Å². The number of carbonyl (C=O) groups is 1. The third kappa shape index (κ3) is 2.82. The van der Waals surface area contributed by atoms with E-state index in [1.165, 1.54) is 0 Å². The fourth-order valence-corrected chi connectivity index (χ4v) is 1.58. The minimum atomic E-state index is -0.829. The quantitative estimate of drug-likeness (QED) is 0.707. The number of aryl methyl sites for hydroxylation is 1. The predicted molar refractivity (Wildman–Crippen MR) is 64.1 cm³/mol. The summed E-state index contributed by atoms with van der Waals surface area (Å²) in [6.07, 6.45) is 4.07. The first-order chi connectivity index (χ1) is 7.51. The number of nitrogens with one attached hydrogen (secondary N) is 2. The maximum Gasteiger partial charge on any atom is 0.245 e. The van der Waals surface area contributed by atoms with Crippen LogP contribution in [0.2, 0.25) is 0 Å². The number of hydrogen-bond donors (Lipinski definition) is 3. The Labute approximate surface area is 95.8 Å². The molecule has 1 aromatic heterocycles. The zero-order chi connectivity index (χ0) is 12.2. The maximum atomic E-state index is 11.9. The lowest BCUT2D eigenvalue weighted by molar-refractivity contribution is -0.120. The van der Waals surface area contributed by atoms with E-state index in [9.17, 15) is 4.79 Å². The van der Waals surface area contributed by atoms with Crippen LogP contribution in [0, 0.1) is 0 Å². The molecule has 1 atom stereocenters. The Morgan fingerprint density at radius 2 is 2.31 bits per heavy atom. The minimum Gasteiger partial charge on any atom is -0.318 e. The lowest BCUT2D eigenvalue weighted by Gasteiger charge is -2.22. The summed E-state index contributed by atoms with van der Waals surface area (Å²) in [4.78, 5) is 11.9. The Morgan fingerprint density at radius 3 is 2.88 bits per heavy atom. The van der Waals surface area contributed by atoms with Gasteiger partial charge >= 0.3 is 0 Å². The Kier molecular flexibility index (Phi) is 4.06. The normalized spacial score (nSPS) is 14.5. The number of amides is 1. The van der Waals surface area contributed by atoms with E-state index in [-0.39, 0.29) is 5.91 Å². The van der Waals surface area contributed by atoms with E-state index in [1.807, 2.05) is 13.8 Å². The lowest BCUT2D eigenvalue weighted by atomic mass is 9.96. The van der Waals surface area contributed by atoms with Crippen LogP contribution in [0.15, 0.2) is 6.20 Å². The van der Waals surface area contributed by atoms with E-state index in [0.717, 1.165) is 18.4 Å². The highest BCUT2D eigenvalue weighted by molar-refractivity contribution is 5.97. The van der Waals surface area contributed by atoms with E-state index in [1.54, 1.807) is 13.1 Å². The largest absolute Gasteiger partial charge is 0.318 e. The molecule has 16 heavy (non-hydrogen) atoms. The van der Waals surface area contributed by atoms with Gasteiger partial charge in [0.15, 0.2) is 0 Å². The maximum absolute atomic E-state index is 11.9. The molecule has 1 heterocycles. The van der Waals surface area contributed by atoms with Crippen LogP contribution in [0.1, 0.15) is 39.2 Å². The average molecular weight is 224 g/mol. The highest BCUT2D eigenvalue weighted by atomic mass is 16.2. The fraction of sp³-hybridized carbons (Fsp3) is 0.636.